The summed E-state index contributed by atoms with van der Waals surface area (Å²) in [5, 5.41) is 3.72. The van der Waals surface area contributed by atoms with Crippen molar-refractivity contribution in [2.24, 2.45) is 0 Å². The van der Waals surface area contributed by atoms with Crippen molar-refractivity contribution >= 4 is 15.9 Å². The molecule has 0 fully saturated rings. The molecule has 0 amide bonds. The second-order valence-electron chi connectivity index (χ2n) is 5.09. The van der Waals surface area contributed by atoms with Crippen molar-refractivity contribution in [2.75, 3.05) is 0 Å². The van der Waals surface area contributed by atoms with E-state index >= 15 is 0 Å². The quantitative estimate of drug-likeness (QED) is 0.617. The molecule has 1 heterocycles. The summed E-state index contributed by atoms with van der Waals surface area (Å²) in [6.07, 6.45) is 1.31. The van der Waals surface area contributed by atoms with Crippen molar-refractivity contribution in [1.82, 2.24) is 5.16 Å². The molecule has 1 aromatic heterocycles. The molecule has 1 aliphatic rings. The Morgan fingerprint density at radius 2 is 1.88 bits per heavy atom. The summed E-state index contributed by atoms with van der Waals surface area (Å²) in [7, 11) is -5.84. The number of hydrogen-bond acceptors (Lipinski definition) is 6. The Morgan fingerprint density at radius 3 is 2.58 bits per heavy atom. The van der Waals surface area contributed by atoms with Crippen LogP contribution in [-0.4, -0.2) is 24.9 Å². The van der Waals surface area contributed by atoms with Gasteiger partial charge in [0, 0.05) is 18.4 Å². The highest BCUT2D eigenvalue weighted by Crippen LogP contribution is 2.38. The van der Waals surface area contributed by atoms with Crippen molar-refractivity contribution in [3.8, 4) is 17.0 Å². The maximum absolute atomic E-state index is 12.5. The van der Waals surface area contributed by atoms with Gasteiger partial charge in [0.05, 0.1) is 5.56 Å². The molecule has 0 saturated carbocycles. The van der Waals surface area contributed by atoms with Crippen LogP contribution in [0.2, 0.25) is 0 Å². The van der Waals surface area contributed by atoms with Crippen LogP contribution in [0.1, 0.15) is 29.0 Å². The predicted molar refractivity (Wildman–Crippen MR) is 74.8 cm³/mol. The number of aromatic nitrogens is 1. The first-order chi connectivity index (χ1) is 11.2. The van der Waals surface area contributed by atoms with Crippen molar-refractivity contribution in [3.63, 3.8) is 0 Å². The Kier molecular flexibility index (Phi) is 3.86. The summed E-state index contributed by atoms with van der Waals surface area (Å²) in [5.74, 6) is -0.514. The molecule has 0 aliphatic heterocycles. The van der Waals surface area contributed by atoms with Gasteiger partial charge in [0.15, 0.2) is 11.5 Å². The SMILES string of the molecule is O=C1CCCc2onc(-c3ccccc3OS(=O)(=O)C(F)(F)F)c21. The lowest BCUT2D eigenvalue weighted by atomic mass is 9.93. The minimum absolute atomic E-state index is 0.0253. The third-order valence-electron chi connectivity index (χ3n) is 3.47. The van der Waals surface area contributed by atoms with E-state index in [0.29, 0.717) is 18.6 Å². The smallest absolute Gasteiger partial charge is 0.375 e. The van der Waals surface area contributed by atoms with Crippen molar-refractivity contribution in [3.05, 3.63) is 35.6 Å². The van der Waals surface area contributed by atoms with E-state index in [1.165, 1.54) is 18.2 Å². The zero-order valence-electron chi connectivity index (χ0n) is 12.0. The molecule has 2 aromatic rings. The summed E-state index contributed by atoms with van der Waals surface area (Å²) >= 11 is 0. The van der Waals surface area contributed by atoms with Crippen molar-refractivity contribution in [2.45, 2.75) is 24.8 Å². The Bertz CT molecular complexity index is 901. The first-order valence-corrected chi connectivity index (χ1v) is 8.23. The third-order valence-corrected chi connectivity index (χ3v) is 4.44. The lowest BCUT2D eigenvalue weighted by Gasteiger charge is -2.13. The number of benzene rings is 1. The van der Waals surface area contributed by atoms with Crippen LogP contribution in [-0.2, 0) is 16.5 Å². The van der Waals surface area contributed by atoms with Gasteiger partial charge in [-0.05, 0) is 18.6 Å². The number of fused-ring (bicyclic) bond motifs is 1. The number of rotatable bonds is 3. The molecule has 6 nitrogen and oxygen atoms in total. The second-order valence-corrected chi connectivity index (χ2v) is 6.62. The first kappa shape index (κ1) is 16.5. The first-order valence-electron chi connectivity index (χ1n) is 6.82. The minimum Gasteiger partial charge on any atom is -0.375 e. The van der Waals surface area contributed by atoms with Gasteiger partial charge in [-0.15, -0.1) is 0 Å². The van der Waals surface area contributed by atoms with Crippen LogP contribution in [0.4, 0.5) is 13.2 Å². The highest BCUT2D eigenvalue weighted by Gasteiger charge is 2.49. The van der Waals surface area contributed by atoms with Gasteiger partial charge in [-0.25, -0.2) is 0 Å². The fourth-order valence-corrected chi connectivity index (χ4v) is 2.88. The average Bonchev–Trinajstić information content (AvgIpc) is 2.91. The molecule has 0 atom stereocenters. The molecular weight excluding hydrogens is 351 g/mol. The van der Waals surface area contributed by atoms with Gasteiger partial charge in [-0.3, -0.25) is 4.79 Å². The van der Waals surface area contributed by atoms with E-state index < -0.39 is 21.4 Å². The molecule has 0 bridgehead atoms. The number of para-hydroxylation sites is 1. The van der Waals surface area contributed by atoms with Crippen LogP contribution in [0.5, 0.6) is 5.75 Å². The van der Waals surface area contributed by atoms with E-state index in [4.69, 9.17) is 4.52 Å². The fourth-order valence-electron chi connectivity index (χ4n) is 2.40. The lowest BCUT2D eigenvalue weighted by molar-refractivity contribution is -0.0499. The molecule has 128 valence electrons. The molecule has 0 N–H and O–H groups in total. The monoisotopic (exact) mass is 361 g/mol. The summed E-state index contributed by atoms with van der Waals surface area (Å²) in [6, 6.07) is 5.12. The van der Waals surface area contributed by atoms with Crippen molar-refractivity contribution in [1.29, 1.82) is 0 Å². The summed E-state index contributed by atoms with van der Waals surface area (Å²) in [6.45, 7) is 0. The number of hydrogen-bond donors (Lipinski definition) is 0. The van der Waals surface area contributed by atoms with Gasteiger partial charge in [-0.2, -0.15) is 21.6 Å². The number of halogens is 3. The number of ketones is 1. The summed E-state index contributed by atoms with van der Waals surface area (Å²) in [5.41, 5.74) is -5.51. The van der Waals surface area contributed by atoms with Gasteiger partial charge < -0.3 is 8.71 Å². The van der Waals surface area contributed by atoms with E-state index in [1.807, 2.05) is 0 Å². The van der Waals surface area contributed by atoms with Crippen LogP contribution >= 0.6 is 0 Å². The zero-order chi connectivity index (χ0) is 17.5. The second kappa shape index (κ2) is 5.62. The highest BCUT2D eigenvalue weighted by atomic mass is 32.2. The molecule has 0 radical (unpaired) electrons. The molecular formula is C14H10F3NO5S. The number of alkyl halides is 3. The Hall–Kier alpha value is -2.36. The number of nitrogens with zero attached hydrogens (tertiary/aromatic N) is 1. The molecule has 10 heteroatoms. The largest absolute Gasteiger partial charge is 0.534 e. The molecule has 0 saturated heterocycles. The van der Waals surface area contributed by atoms with E-state index in [-0.39, 0.29) is 29.0 Å². The van der Waals surface area contributed by atoms with E-state index in [9.17, 15) is 26.4 Å². The van der Waals surface area contributed by atoms with Crippen LogP contribution in [0.3, 0.4) is 0 Å². The van der Waals surface area contributed by atoms with Crippen LogP contribution < -0.4 is 4.18 Å². The van der Waals surface area contributed by atoms with Gasteiger partial charge in [-0.1, -0.05) is 17.3 Å². The highest BCUT2D eigenvalue weighted by molar-refractivity contribution is 7.88. The van der Waals surface area contributed by atoms with Crippen molar-refractivity contribution < 1.29 is 35.1 Å². The normalized spacial score (nSPS) is 15.2. The predicted octanol–water partition coefficient (Wildman–Crippen LogP) is 3.09. The van der Waals surface area contributed by atoms with Crippen LogP contribution in [0.25, 0.3) is 11.3 Å². The minimum atomic E-state index is -5.84. The lowest BCUT2D eigenvalue weighted by Crippen LogP contribution is -2.28. The molecule has 0 spiro atoms. The van der Waals surface area contributed by atoms with Crippen LogP contribution in [0, 0.1) is 0 Å². The number of aryl methyl sites for hydroxylation is 1. The molecule has 0 unspecified atom stereocenters. The summed E-state index contributed by atoms with van der Waals surface area (Å²) in [4.78, 5) is 12.1. The Morgan fingerprint density at radius 1 is 1.17 bits per heavy atom. The Labute approximate surface area is 134 Å². The topological polar surface area (TPSA) is 86.5 Å². The third kappa shape index (κ3) is 2.77. The zero-order valence-corrected chi connectivity index (χ0v) is 12.8. The molecule has 3 rings (SSSR count). The molecule has 24 heavy (non-hydrogen) atoms. The average molecular weight is 361 g/mol. The molecule has 1 aromatic carbocycles. The van der Waals surface area contributed by atoms with E-state index in [2.05, 4.69) is 9.34 Å². The van der Waals surface area contributed by atoms with Crippen LogP contribution in [0.15, 0.2) is 28.8 Å². The maximum Gasteiger partial charge on any atom is 0.534 e. The maximum atomic E-state index is 12.5. The summed E-state index contributed by atoms with van der Waals surface area (Å²) < 4.78 is 69.3. The Balaban J connectivity index is 2.09. The number of carbonyl (C=O) groups is 1. The molecule has 1 aliphatic carbocycles. The van der Waals surface area contributed by atoms with E-state index in [0.717, 1.165) is 6.07 Å². The van der Waals surface area contributed by atoms with E-state index in [1.54, 1.807) is 0 Å². The fraction of sp³-hybridized carbons (Fsp3) is 0.286. The standard InChI is InChI=1S/C14H10F3NO5S/c15-14(16,17)24(20,21)23-10-6-2-1-4-8(10)13-12-9(19)5-3-7-11(12)22-18-13/h1-2,4,6H,3,5,7H2. The van der Waals surface area contributed by atoms with Gasteiger partial charge in [0.25, 0.3) is 0 Å². The number of Topliss-reactive ketones (excluding diaryl/α,β-unsaturated/α-hetero) is 1. The van der Waals surface area contributed by atoms with Gasteiger partial charge in [0.1, 0.15) is 11.5 Å². The van der Waals surface area contributed by atoms with Gasteiger partial charge in [0.2, 0.25) is 0 Å². The van der Waals surface area contributed by atoms with Gasteiger partial charge >= 0.3 is 15.6 Å². The number of carbonyl (C=O) groups excluding carboxylic acids is 1.